The molecular formula is C14H13ClFN3O. The minimum atomic E-state index is -0.427. The number of carbonyl (C=O) groups excluding carboxylic acids is 1. The van der Waals surface area contributed by atoms with Gasteiger partial charge in [0.15, 0.2) is 0 Å². The highest BCUT2D eigenvalue weighted by Crippen LogP contribution is 2.22. The Morgan fingerprint density at radius 1 is 1.25 bits per heavy atom. The van der Waals surface area contributed by atoms with Crippen molar-refractivity contribution < 1.29 is 9.18 Å². The van der Waals surface area contributed by atoms with Gasteiger partial charge in [-0.3, -0.25) is 10.6 Å². The maximum absolute atomic E-state index is 13.4. The molecule has 0 heterocycles. The standard InChI is InChI=1S/C14H13ClFN3O/c1-8-2-4-10(7-12(8)16)18-14(20)11-6-9(15)3-5-13(11)19-17/h2-7,19H,17H2,1H3,(H,18,20). The van der Waals surface area contributed by atoms with E-state index in [0.717, 1.165) is 0 Å². The molecule has 2 aromatic rings. The lowest BCUT2D eigenvalue weighted by molar-refractivity contribution is 0.102. The number of halogens is 2. The predicted octanol–water partition coefficient (Wildman–Crippen LogP) is 3.33. The van der Waals surface area contributed by atoms with Crippen molar-refractivity contribution in [3.63, 3.8) is 0 Å². The molecule has 104 valence electrons. The molecule has 4 nitrogen and oxygen atoms in total. The number of amides is 1. The Bertz CT molecular complexity index is 661. The molecule has 0 atom stereocenters. The van der Waals surface area contributed by atoms with E-state index in [9.17, 15) is 9.18 Å². The van der Waals surface area contributed by atoms with Gasteiger partial charge in [0.1, 0.15) is 5.82 Å². The molecule has 0 aromatic heterocycles. The molecule has 0 aliphatic rings. The van der Waals surface area contributed by atoms with Crippen LogP contribution in [0.5, 0.6) is 0 Å². The molecule has 0 saturated carbocycles. The molecule has 2 rings (SSSR count). The zero-order valence-corrected chi connectivity index (χ0v) is 11.5. The monoisotopic (exact) mass is 293 g/mol. The highest BCUT2D eigenvalue weighted by Gasteiger charge is 2.12. The van der Waals surface area contributed by atoms with Crippen LogP contribution in [0.1, 0.15) is 15.9 Å². The number of nitrogens with one attached hydrogen (secondary N) is 2. The van der Waals surface area contributed by atoms with Crippen LogP contribution in [0.3, 0.4) is 0 Å². The first-order valence-corrected chi connectivity index (χ1v) is 6.22. The minimum Gasteiger partial charge on any atom is -0.323 e. The lowest BCUT2D eigenvalue weighted by Gasteiger charge is -2.10. The summed E-state index contributed by atoms with van der Waals surface area (Å²) in [5.41, 5.74) is 4.00. The number of nitrogen functional groups attached to an aromatic ring is 1. The van der Waals surface area contributed by atoms with Crippen molar-refractivity contribution in [1.82, 2.24) is 0 Å². The Labute approximate surface area is 120 Å². The number of carbonyl (C=O) groups is 1. The van der Waals surface area contributed by atoms with E-state index >= 15 is 0 Å². The first-order valence-electron chi connectivity index (χ1n) is 5.85. The Kier molecular flexibility index (Phi) is 4.22. The fourth-order valence-electron chi connectivity index (χ4n) is 1.70. The van der Waals surface area contributed by atoms with Gasteiger partial charge in [-0.2, -0.15) is 0 Å². The van der Waals surface area contributed by atoms with E-state index in [1.165, 1.54) is 12.1 Å². The molecule has 0 fully saturated rings. The Hall–Kier alpha value is -2.11. The quantitative estimate of drug-likeness (QED) is 0.601. The van der Waals surface area contributed by atoms with E-state index in [4.69, 9.17) is 17.4 Å². The van der Waals surface area contributed by atoms with Crippen LogP contribution in [0.25, 0.3) is 0 Å². The van der Waals surface area contributed by atoms with Crippen molar-refractivity contribution in [2.45, 2.75) is 6.92 Å². The van der Waals surface area contributed by atoms with Gasteiger partial charge in [-0.25, -0.2) is 4.39 Å². The summed E-state index contributed by atoms with van der Waals surface area (Å²) in [5.74, 6) is 4.53. The number of hydrogen-bond donors (Lipinski definition) is 3. The van der Waals surface area contributed by atoms with Crippen molar-refractivity contribution in [2.24, 2.45) is 5.84 Å². The van der Waals surface area contributed by atoms with Crippen LogP contribution >= 0.6 is 11.6 Å². The number of aryl methyl sites for hydroxylation is 1. The number of hydrazine groups is 1. The summed E-state index contributed by atoms with van der Waals surface area (Å²) in [4.78, 5) is 12.2. The highest BCUT2D eigenvalue weighted by molar-refractivity contribution is 6.31. The number of nitrogens with two attached hydrogens (primary N) is 1. The molecule has 4 N–H and O–H groups in total. The van der Waals surface area contributed by atoms with Gasteiger partial charge in [0.2, 0.25) is 0 Å². The molecule has 2 aromatic carbocycles. The lowest BCUT2D eigenvalue weighted by Crippen LogP contribution is -2.17. The maximum atomic E-state index is 13.4. The van der Waals surface area contributed by atoms with Crippen LogP contribution in [-0.4, -0.2) is 5.91 Å². The van der Waals surface area contributed by atoms with Crippen LogP contribution in [-0.2, 0) is 0 Å². The fraction of sp³-hybridized carbons (Fsp3) is 0.0714. The molecule has 20 heavy (non-hydrogen) atoms. The van der Waals surface area contributed by atoms with Crippen molar-refractivity contribution in [2.75, 3.05) is 10.7 Å². The van der Waals surface area contributed by atoms with Gasteiger partial charge in [0, 0.05) is 10.7 Å². The summed E-state index contributed by atoms with van der Waals surface area (Å²) >= 11 is 5.86. The highest BCUT2D eigenvalue weighted by atomic mass is 35.5. The van der Waals surface area contributed by atoms with E-state index in [1.54, 1.807) is 31.2 Å². The van der Waals surface area contributed by atoms with Gasteiger partial charge in [-0.1, -0.05) is 17.7 Å². The van der Waals surface area contributed by atoms with Crippen molar-refractivity contribution in [3.05, 3.63) is 58.4 Å². The zero-order valence-electron chi connectivity index (χ0n) is 10.7. The number of anilines is 2. The third-order valence-corrected chi connectivity index (χ3v) is 3.05. The van der Waals surface area contributed by atoms with E-state index < -0.39 is 5.91 Å². The summed E-state index contributed by atoms with van der Waals surface area (Å²) in [7, 11) is 0. The second kappa shape index (κ2) is 5.90. The zero-order chi connectivity index (χ0) is 14.7. The van der Waals surface area contributed by atoms with Crippen LogP contribution in [0.15, 0.2) is 36.4 Å². The Morgan fingerprint density at radius 2 is 2.00 bits per heavy atom. The minimum absolute atomic E-state index is 0.279. The second-order valence-corrected chi connectivity index (χ2v) is 4.69. The van der Waals surface area contributed by atoms with Gasteiger partial charge in [-0.15, -0.1) is 0 Å². The lowest BCUT2D eigenvalue weighted by atomic mass is 10.1. The van der Waals surface area contributed by atoms with Crippen LogP contribution < -0.4 is 16.6 Å². The third kappa shape index (κ3) is 3.07. The first kappa shape index (κ1) is 14.3. The normalized spacial score (nSPS) is 10.2. The Morgan fingerprint density at radius 3 is 2.65 bits per heavy atom. The third-order valence-electron chi connectivity index (χ3n) is 2.81. The van der Waals surface area contributed by atoms with E-state index in [1.807, 2.05) is 0 Å². The summed E-state index contributed by atoms with van der Waals surface area (Å²) in [6, 6.07) is 9.15. The molecule has 0 bridgehead atoms. The topological polar surface area (TPSA) is 67.2 Å². The summed E-state index contributed by atoms with van der Waals surface area (Å²) < 4.78 is 13.4. The first-order chi connectivity index (χ1) is 9.51. The van der Waals surface area contributed by atoms with Crippen molar-refractivity contribution in [3.8, 4) is 0 Å². The molecule has 0 aliphatic carbocycles. The van der Waals surface area contributed by atoms with Gasteiger partial charge >= 0.3 is 0 Å². The molecule has 0 unspecified atom stereocenters. The second-order valence-electron chi connectivity index (χ2n) is 4.25. The molecule has 6 heteroatoms. The number of hydrogen-bond acceptors (Lipinski definition) is 3. The van der Waals surface area contributed by atoms with Crippen molar-refractivity contribution >= 4 is 28.9 Å². The maximum Gasteiger partial charge on any atom is 0.257 e. The van der Waals surface area contributed by atoms with Gasteiger partial charge in [0.05, 0.1) is 11.3 Å². The van der Waals surface area contributed by atoms with Crippen molar-refractivity contribution in [1.29, 1.82) is 0 Å². The van der Waals surface area contributed by atoms with E-state index in [0.29, 0.717) is 22.0 Å². The average molecular weight is 294 g/mol. The SMILES string of the molecule is Cc1ccc(NC(=O)c2cc(Cl)ccc2NN)cc1F. The fourth-order valence-corrected chi connectivity index (χ4v) is 1.87. The molecule has 1 amide bonds. The predicted molar refractivity (Wildman–Crippen MR) is 78.4 cm³/mol. The molecular weight excluding hydrogens is 281 g/mol. The van der Waals surface area contributed by atoms with Gasteiger partial charge in [0.25, 0.3) is 5.91 Å². The van der Waals surface area contributed by atoms with Crippen LogP contribution in [0.4, 0.5) is 15.8 Å². The summed E-state index contributed by atoms with van der Waals surface area (Å²) in [5, 5.41) is 3.00. The molecule has 0 aliphatic heterocycles. The van der Waals surface area contributed by atoms with E-state index in [-0.39, 0.29) is 11.4 Å². The average Bonchev–Trinajstić information content (AvgIpc) is 2.43. The van der Waals surface area contributed by atoms with E-state index in [2.05, 4.69) is 10.7 Å². The molecule has 0 spiro atoms. The largest absolute Gasteiger partial charge is 0.323 e. The molecule has 0 radical (unpaired) electrons. The smallest absolute Gasteiger partial charge is 0.257 e. The number of rotatable bonds is 3. The summed E-state index contributed by atoms with van der Waals surface area (Å²) in [6.45, 7) is 1.65. The Balaban J connectivity index is 2.27. The van der Waals surface area contributed by atoms with Crippen LogP contribution in [0.2, 0.25) is 5.02 Å². The number of benzene rings is 2. The summed E-state index contributed by atoms with van der Waals surface area (Å²) in [6.07, 6.45) is 0. The van der Waals surface area contributed by atoms with Gasteiger partial charge < -0.3 is 10.7 Å². The van der Waals surface area contributed by atoms with Crippen LogP contribution in [0, 0.1) is 12.7 Å². The molecule has 0 saturated heterocycles. The van der Waals surface area contributed by atoms with Gasteiger partial charge in [-0.05, 0) is 42.8 Å².